The van der Waals surface area contributed by atoms with Crippen LogP contribution in [0.1, 0.15) is 12.5 Å². The zero-order valence-electron chi connectivity index (χ0n) is 7.41. The Morgan fingerprint density at radius 1 is 1.36 bits per heavy atom. The second-order valence-corrected chi connectivity index (χ2v) is 3.55. The molecule has 6 heteroatoms. The first-order valence-electron chi connectivity index (χ1n) is 3.75. The monoisotopic (exact) mass is 215 g/mol. The Balaban J connectivity index is 2.81. The quantitative estimate of drug-likeness (QED) is 0.467. The highest BCUT2D eigenvalue weighted by Gasteiger charge is 2.04. The Hall–Kier alpha value is -1.40. The fourth-order valence-electron chi connectivity index (χ4n) is 0.835. The van der Waals surface area contributed by atoms with E-state index in [1.807, 2.05) is 6.07 Å². The van der Waals surface area contributed by atoms with Crippen LogP contribution in [-0.2, 0) is 14.7 Å². The highest BCUT2D eigenvalue weighted by Crippen LogP contribution is 2.01. The van der Waals surface area contributed by atoms with Crippen molar-refractivity contribution >= 4 is 16.1 Å². The number of rotatable bonds is 3. The summed E-state index contributed by atoms with van der Waals surface area (Å²) < 4.78 is 32.5. The minimum absolute atomic E-state index is 0.364. The largest absolute Gasteiger partial charge is 0.466 e. The van der Waals surface area contributed by atoms with Crippen LogP contribution in [-0.4, -0.2) is 18.7 Å². The van der Waals surface area contributed by atoms with E-state index < -0.39 is 10.4 Å². The van der Waals surface area contributed by atoms with Crippen LogP contribution in [0.3, 0.4) is 0 Å². The van der Waals surface area contributed by atoms with Gasteiger partial charge < -0.3 is 0 Å². The summed E-state index contributed by atoms with van der Waals surface area (Å²) in [4.78, 5) is 0. The van der Waals surface area contributed by atoms with Crippen molar-refractivity contribution in [2.45, 2.75) is 6.92 Å². The molecule has 0 aliphatic carbocycles. The minimum atomic E-state index is -4.51. The van der Waals surface area contributed by atoms with Crippen molar-refractivity contribution in [3.63, 3.8) is 0 Å². The third-order valence-corrected chi connectivity index (χ3v) is 1.72. The summed E-state index contributed by atoms with van der Waals surface area (Å²) in [7, 11) is -4.51. The van der Waals surface area contributed by atoms with Gasteiger partial charge in [-0.15, -0.1) is 0 Å². The van der Waals surface area contributed by atoms with E-state index in [0.29, 0.717) is 5.71 Å². The molecule has 0 saturated heterocycles. The summed E-state index contributed by atoms with van der Waals surface area (Å²) in [6.07, 6.45) is 0. The van der Waals surface area contributed by atoms with Crippen molar-refractivity contribution in [2.75, 3.05) is 0 Å². The first kappa shape index (κ1) is 10.7. The fourth-order valence-corrected chi connectivity index (χ4v) is 1.04. The smallest absolute Gasteiger partial charge is 0.253 e. The van der Waals surface area contributed by atoms with Gasteiger partial charge in [-0.1, -0.05) is 35.5 Å². The summed E-state index contributed by atoms with van der Waals surface area (Å²) in [6, 6.07) is 8.86. The molecule has 0 saturated carbocycles. The van der Waals surface area contributed by atoms with E-state index in [0.717, 1.165) is 5.56 Å². The van der Waals surface area contributed by atoms with Gasteiger partial charge in [-0.2, -0.15) is 8.42 Å². The van der Waals surface area contributed by atoms with E-state index in [1.54, 1.807) is 31.2 Å². The van der Waals surface area contributed by atoms with E-state index >= 15 is 0 Å². The Morgan fingerprint density at radius 3 is 2.43 bits per heavy atom. The zero-order chi connectivity index (χ0) is 10.6. The van der Waals surface area contributed by atoms with Gasteiger partial charge >= 0.3 is 10.4 Å². The molecule has 0 aromatic heterocycles. The number of benzene rings is 1. The summed E-state index contributed by atoms with van der Waals surface area (Å²) in [5.74, 6) is 0. The van der Waals surface area contributed by atoms with Gasteiger partial charge in [0, 0.05) is 0 Å². The molecule has 1 aromatic carbocycles. The maximum Gasteiger partial charge on any atom is 0.466 e. The van der Waals surface area contributed by atoms with Gasteiger partial charge in [0.2, 0.25) is 0 Å². The van der Waals surface area contributed by atoms with Crippen LogP contribution in [0.15, 0.2) is 35.5 Å². The molecule has 5 nitrogen and oxygen atoms in total. The Morgan fingerprint density at radius 2 is 1.93 bits per heavy atom. The molecule has 0 atom stereocenters. The average Bonchev–Trinajstić information content (AvgIpc) is 2.14. The molecular weight excluding hydrogens is 206 g/mol. The number of nitrogens with zero attached hydrogens (tertiary/aromatic N) is 1. The average molecular weight is 215 g/mol. The highest BCUT2D eigenvalue weighted by atomic mass is 32.3. The molecule has 0 amide bonds. The van der Waals surface area contributed by atoms with Crippen LogP contribution in [0.2, 0.25) is 0 Å². The molecule has 1 rings (SSSR count). The molecule has 0 spiro atoms. The van der Waals surface area contributed by atoms with Crippen LogP contribution >= 0.6 is 0 Å². The number of hydrogen-bond acceptors (Lipinski definition) is 4. The minimum Gasteiger partial charge on any atom is -0.253 e. The summed E-state index contributed by atoms with van der Waals surface area (Å²) in [5.41, 5.74) is 1.08. The maximum absolute atomic E-state index is 10.2. The predicted molar refractivity (Wildman–Crippen MR) is 51.3 cm³/mol. The molecule has 14 heavy (non-hydrogen) atoms. The molecule has 0 bridgehead atoms. The molecule has 0 aliphatic rings. The van der Waals surface area contributed by atoms with Crippen molar-refractivity contribution in [3.8, 4) is 0 Å². The van der Waals surface area contributed by atoms with Crippen molar-refractivity contribution < 1.29 is 17.3 Å². The van der Waals surface area contributed by atoms with Gasteiger partial charge in [-0.05, 0) is 12.5 Å². The van der Waals surface area contributed by atoms with Crippen LogP contribution in [0.5, 0.6) is 0 Å². The Kier molecular flexibility index (Phi) is 3.21. The summed E-state index contributed by atoms with van der Waals surface area (Å²) in [5, 5.41) is 3.24. The lowest BCUT2D eigenvalue weighted by atomic mass is 10.1. The topological polar surface area (TPSA) is 76.0 Å². The van der Waals surface area contributed by atoms with E-state index in [4.69, 9.17) is 4.55 Å². The SMILES string of the molecule is C/C(=N\OS(=O)(=O)O)c1ccccc1. The van der Waals surface area contributed by atoms with Gasteiger partial charge in [0.1, 0.15) is 0 Å². The van der Waals surface area contributed by atoms with Gasteiger partial charge in [0.25, 0.3) is 0 Å². The number of hydrogen-bond donors (Lipinski definition) is 1. The third kappa shape index (κ3) is 3.55. The van der Waals surface area contributed by atoms with E-state index in [9.17, 15) is 8.42 Å². The van der Waals surface area contributed by atoms with Crippen molar-refractivity contribution in [1.82, 2.24) is 0 Å². The second-order valence-electron chi connectivity index (χ2n) is 2.54. The Labute approximate surface area is 82.0 Å². The van der Waals surface area contributed by atoms with Gasteiger partial charge in [0.15, 0.2) is 0 Å². The van der Waals surface area contributed by atoms with Crippen LogP contribution in [0.4, 0.5) is 0 Å². The van der Waals surface area contributed by atoms with Gasteiger partial charge in [-0.3, -0.25) is 4.55 Å². The predicted octanol–water partition coefficient (Wildman–Crippen LogP) is 1.23. The lowest BCUT2D eigenvalue weighted by Crippen LogP contribution is -2.02. The molecule has 76 valence electrons. The van der Waals surface area contributed by atoms with Gasteiger partial charge in [0.05, 0.1) is 5.71 Å². The van der Waals surface area contributed by atoms with E-state index in [2.05, 4.69) is 9.44 Å². The second kappa shape index (κ2) is 4.21. The van der Waals surface area contributed by atoms with Crippen molar-refractivity contribution in [2.24, 2.45) is 5.16 Å². The van der Waals surface area contributed by atoms with Crippen LogP contribution in [0.25, 0.3) is 0 Å². The third-order valence-electron chi connectivity index (χ3n) is 1.46. The van der Waals surface area contributed by atoms with Crippen molar-refractivity contribution in [3.05, 3.63) is 35.9 Å². The highest BCUT2D eigenvalue weighted by molar-refractivity contribution is 7.80. The summed E-state index contributed by atoms with van der Waals surface area (Å²) in [6.45, 7) is 1.57. The standard InChI is InChI=1S/C8H9NO4S/c1-7(9-13-14(10,11)12)8-5-3-2-4-6-8/h2-6H,1H3,(H,10,11,12)/b9-7+. The van der Waals surface area contributed by atoms with E-state index in [1.165, 1.54) is 0 Å². The first-order chi connectivity index (χ1) is 6.49. The molecule has 0 fully saturated rings. The maximum atomic E-state index is 10.2. The molecule has 1 N–H and O–H groups in total. The molecule has 0 radical (unpaired) electrons. The van der Waals surface area contributed by atoms with Gasteiger partial charge in [-0.25, -0.2) is 4.28 Å². The van der Waals surface area contributed by atoms with Crippen LogP contribution in [0, 0.1) is 0 Å². The molecular formula is C8H9NO4S. The van der Waals surface area contributed by atoms with Crippen LogP contribution < -0.4 is 0 Å². The summed E-state index contributed by atoms with van der Waals surface area (Å²) >= 11 is 0. The Bertz CT molecular complexity index is 424. The lowest BCUT2D eigenvalue weighted by molar-refractivity contribution is 0.282. The lowest BCUT2D eigenvalue weighted by Gasteiger charge is -1.98. The fraction of sp³-hybridized carbons (Fsp3) is 0.125. The zero-order valence-corrected chi connectivity index (χ0v) is 8.23. The number of oxime groups is 1. The molecule has 0 unspecified atom stereocenters. The normalized spacial score (nSPS) is 12.6. The molecule has 0 heterocycles. The molecule has 0 aliphatic heterocycles. The van der Waals surface area contributed by atoms with Crippen molar-refractivity contribution in [1.29, 1.82) is 0 Å². The van der Waals surface area contributed by atoms with E-state index in [-0.39, 0.29) is 0 Å². The first-order valence-corrected chi connectivity index (χ1v) is 5.11. The molecule has 1 aromatic rings.